The predicted octanol–water partition coefficient (Wildman–Crippen LogP) is 3.86. The van der Waals surface area contributed by atoms with Crippen LogP contribution in [-0.4, -0.2) is 58.5 Å². The van der Waals surface area contributed by atoms with E-state index in [2.05, 4.69) is 30.1 Å². The summed E-state index contributed by atoms with van der Waals surface area (Å²) in [5, 5.41) is 17.7. The van der Waals surface area contributed by atoms with Crippen molar-refractivity contribution in [3.8, 4) is 22.8 Å². The van der Waals surface area contributed by atoms with Crippen LogP contribution < -0.4 is 9.47 Å². The molecule has 3 aromatic rings. The number of nitrogens with one attached hydrogen (secondary N) is 1. The number of ether oxygens (including phenoxy) is 2. The second-order valence-corrected chi connectivity index (χ2v) is 8.38. The minimum Gasteiger partial charge on any atom is -0.497 e. The van der Waals surface area contributed by atoms with E-state index >= 15 is 0 Å². The van der Waals surface area contributed by atoms with Crippen molar-refractivity contribution in [3.63, 3.8) is 0 Å². The van der Waals surface area contributed by atoms with E-state index in [-0.39, 0.29) is 18.6 Å². The van der Waals surface area contributed by atoms with E-state index in [0.29, 0.717) is 35.9 Å². The predicted molar refractivity (Wildman–Crippen MR) is 122 cm³/mol. The molecule has 0 unspecified atom stereocenters. The van der Waals surface area contributed by atoms with Gasteiger partial charge in [-0.25, -0.2) is 0 Å². The van der Waals surface area contributed by atoms with Crippen molar-refractivity contribution < 1.29 is 19.4 Å². The zero-order valence-electron chi connectivity index (χ0n) is 18.6. The second-order valence-electron chi connectivity index (χ2n) is 8.38. The third kappa shape index (κ3) is 4.62. The maximum Gasteiger partial charge on any atom is 0.257 e. The molecule has 1 aliphatic heterocycles. The maximum atomic E-state index is 13.2. The van der Waals surface area contributed by atoms with Gasteiger partial charge in [0.2, 0.25) is 0 Å². The first-order valence-corrected chi connectivity index (χ1v) is 10.9. The van der Waals surface area contributed by atoms with Crippen LogP contribution >= 0.6 is 0 Å². The summed E-state index contributed by atoms with van der Waals surface area (Å²) in [6.07, 6.45) is 0.945. The van der Waals surface area contributed by atoms with Crippen LogP contribution in [0.3, 0.4) is 0 Å². The van der Waals surface area contributed by atoms with Crippen LogP contribution in [0, 0.1) is 0 Å². The molecular weight excluding hydrogens is 406 g/mol. The number of H-pyrrole nitrogens is 1. The van der Waals surface area contributed by atoms with Crippen molar-refractivity contribution in [3.05, 3.63) is 65.9 Å². The topological polar surface area (TPSA) is 87.7 Å². The highest BCUT2D eigenvalue weighted by Crippen LogP contribution is 2.28. The van der Waals surface area contributed by atoms with Gasteiger partial charge in [0.05, 0.1) is 31.1 Å². The van der Waals surface area contributed by atoms with E-state index in [1.807, 2.05) is 42.5 Å². The number of aromatic nitrogens is 2. The smallest absolute Gasteiger partial charge is 0.257 e. The van der Waals surface area contributed by atoms with Crippen molar-refractivity contribution >= 4 is 5.91 Å². The van der Waals surface area contributed by atoms with E-state index < -0.39 is 6.10 Å². The molecule has 32 heavy (non-hydrogen) atoms. The molecule has 0 radical (unpaired) electrons. The summed E-state index contributed by atoms with van der Waals surface area (Å²) in [7, 11) is 1.60. The zero-order chi connectivity index (χ0) is 22.7. The fourth-order valence-electron chi connectivity index (χ4n) is 3.97. The van der Waals surface area contributed by atoms with Gasteiger partial charge in [-0.15, -0.1) is 0 Å². The summed E-state index contributed by atoms with van der Waals surface area (Å²) in [6, 6.07) is 15.4. The highest BCUT2D eigenvalue weighted by atomic mass is 16.5. The average Bonchev–Trinajstić information content (AvgIpc) is 3.30. The van der Waals surface area contributed by atoms with Crippen molar-refractivity contribution in [2.45, 2.75) is 38.4 Å². The fraction of sp³-hybridized carbons (Fsp3) is 0.360. The van der Waals surface area contributed by atoms with Gasteiger partial charge >= 0.3 is 0 Å². The number of piperidine rings is 1. The fourth-order valence-corrected chi connectivity index (χ4v) is 3.97. The first-order valence-electron chi connectivity index (χ1n) is 10.9. The zero-order valence-corrected chi connectivity index (χ0v) is 18.6. The van der Waals surface area contributed by atoms with Crippen LogP contribution in [0.4, 0.5) is 0 Å². The number of rotatable bonds is 6. The number of nitrogens with zero attached hydrogens (tertiary/aromatic N) is 2. The first kappa shape index (κ1) is 21.9. The van der Waals surface area contributed by atoms with Crippen LogP contribution in [0.15, 0.2) is 54.7 Å². The number of aliphatic hydroxyl groups excluding tert-OH is 1. The van der Waals surface area contributed by atoms with Crippen LogP contribution in [0.2, 0.25) is 0 Å². The Morgan fingerprint density at radius 3 is 2.72 bits per heavy atom. The third-order valence-corrected chi connectivity index (χ3v) is 5.85. The molecule has 2 atom stereocenters. The van der Waals surface area contributed by atoms with Gasteiger partial charge in [0.1, 0.15) is 23.7 Å². The van der Waals surface area contributed by atoms with Gasteiger partial charge < -0.3 is 19.5 Å². The van der Waals surface area contributed by atoms with E-state index in [0.717, 1.165) is 11.3 Å². The number of benzene rings is 2. The summed E-state index contributed by atoms with van der Waals surface area (Å²) in [4.78, 5) is 14.9. The Bertz CT molecular complexity index is 1080. The second kappa shape index (κ2) is 9.44. The van der Waals surface area contributed by atoms with Crippen LogP contribution in [0.25, 0.3) is 11.3 Å². The van der Waals surface area contributed by atoms with E-state index in [1.54, 1.807) is 12.0 Å². The Kier molecular flexibility index (Phi) is 6.46. The van der Waals surface area contributed by atoms with Crippen LogP contribution in [0.1, 0.15) is 42.1 Å². The molecule has 4 rings (SSSR count). The number of carbonyl (C=O) groups excluding carboxylic acids is 1. The Hall–Kier alpha value is -3.32. The number of likely N-dealkylation sites (tertiary alicyclic amines) is 1. The van der Waals surface area contributed by atoms with E-state index in [1.165, 1.54) is 11.8 Å². The Morgan fingerprint density at radius 1 is 1.19 bits per heavy atom. The number of methoxy groups -OCH3 is 1. The molecule has 2 aromatic carbocycles. The van der Waals surface area contributed by atoms with Gasteiger partial charge in [0.15, 0.2) is 0 Å². The van der Waals surface area contributed by atoms with Gasteiger partial charge in [0.25, 0.3) is 5.91 Å². The van der Waals surface area contributed by atoms with Crippen LogP contribution in [-0.2, 0) is 0 Å². The molecule has 7 heteroatoms. The molecule has 0 aliphatic carbocycles. The molecule has 1 aliphatic rings. The van der Waals surface area contributed by atoms with Gasteiger partial charge in [-0.05, 0) is 35.7 Å². The molecular formula is C25H29N3O4. The lowest BCUT2D eigenvalue weighted by Crippen LogP contribution is -2.51. The molecule has 1 saturated heterocycles. The maximum absolute atomic E-state index is 13.2. The molecule has 1 aromatic heterocycles. The van der Waals surface area contributed by atoms with Crippen molar-refractivity contribution in [2.24, 2.45) is 0 Å². The summed E-state index contributed by atoms with van der Waals surface area (Å²) in [5.41, 5.74) is 3.10. The quantitative estimate of drug-likeness (QED) is 0.614. The largest absolute Gasteiger partial charge is 0.497 e. The molecule has 0 saturated carbocycles. The Morgan fingerprint density at radius 2 is 1.97 bits per heavy atom. The van der Waals surface area contributed by atoms with E-state index in [9.17, 15) is 9.90 Å². The number of aliphatic hydroxyl groups is 1. The van der Waals surface area contributed by atoms with Gasteiger partial charge in [-0.2, -0.15) is 5.10 Å². The summed E-state index contributed by atoms with van der Waals surface area (Å²) in [6.45, 7) is 4.96. The molecule has 2 heterocycles. The number of amides is 1. The number of hydrogen-bond acceptors (Lipinski definition) is 5. The van der Waals surface area contributed by atoms with Gasteiger partial charge in [-0.1, -0.05) is 38.1 Å². The number of carbonyl (C=O) groups is 1. The molecule has 1 amide bonds. The van der Waals surface area contributed by atoms with Gasteiger partial charge in [0, 0.05) is 18.5 Å². The lowest BCUT2D eigenvalue weighted by atomic mass is 10.0. The molecule has 2 N–H and O–H groups in total. The molecule has 7 nitrogen and oxygen atoms in total. The number of aromatic amines is 1. The van der Waals surface area contributed by atoms with E-state index in [4.69, 9.17) is 9.47 Å². The third-order valence-electron chi connectivity index (χ3n) is 5.85. The molecule has 1 fully saturated rings. The molecule has 168 valence electrons. The average molecular weight is 436 g/mol. The normalized spacial score (nSPS) is 18.6. The lowest BCUT2D eigenvalue weighted by Gasteiger charge is -2.36. The lowest BCUT2D eigenvalue weighted by molar-refractivity contribution is -0.0199. The Balaban J connectivity index is 1.45. The van der Waals surface area contributed by atoms with Crippen molar-refractivity contribution in [1.82, 2.24) is 15.1 Å². The standard InChI is InChI=1S/C25H29N3O4/c1-16(2)17-6-4-9-20(12-17)32-23-10-11-28(15-22(23)29)25(30)21-14-26-27-24(21)18-7-5-8-19(13-18)31-3/h4-9,12-14,16,22-23,29H,10-11,15H2,1-3H3,(H,26,27)/t22-,23-/m1/s1. The number of hydrogen-bond donors (Lipinski definition) is 2. The summed E-state index contributed by atoms with van der Waals surface area (Å²) in [5.74, 6) is 1.67. The van der Waals surface area contributed by atoms with Crippen LogP contribution in [0.5, 0.6) is 11.5 Å². The summed E-state index contributed by atoms with van der Waals surface area (Å²) >= 11 is 0. The SMILES string of the molecule is COc1cccc(-c2[nH]ncc2C(=O)N2CC[C@@H](Oc3cccc(C(C)C)c3)[C@H](O)C2)c1. The Labute approximate surface area is 188 Å². The minimum atomic E-state index is -0.775. The molecule has 0 spiro atoms. The molecule has 0 bridgehead atoms. The minimum absolute atomic E-state index is 0.170. The van der Waals surface area contributed by atoms with Gasteiger partial charge in [-0.3, -0.25) is 9.89 Å². The number of β-amino-alcohol motifs (C(OH)–C–C–N with tert-alkyl or cyclic N) is 1. The first-order chi connectivity index (χ1) is 15.5. The van der Waals surface area contributed by atoms with Crippen molar-refractivity contribution in [1.29, 1.82) is 0 Å². The highest BCUT2D eigenvalue weighted by molar-refractivity contribution is 5.99. The monoisotopic (exact) mass is 435 g/mol. The van der Waals surface area contributed by atoms with Crippen molar-refractivity contribution in [2.75, 3.05) is 20.2 Å². The highest BCUT2D eigenvalue weighted by Gasteiger charge is 2.33. The summed E-state index contributed by atoms with van der Waals surface area (Å²) < 4.78 is 11.4.